The van der Waals surface area contributed by atoms with Gasteiger partial charge >= 0.3 is 0 Å². The van der Waals surface area contributed by atoms with E-state index < -0.39 is 13.0 Å². The zero-order valence-electron chi connectivity index (χ0n) is 12.7. The molecule has 0 aromatic rings. The van der Waals surface area contributed by atoms with E-state index in [1.807, 2.05) is 20.8 Å². The Morgan fingerprint density at radius 1 is 1.35 bits per heavy atom. The fourth-order valence-electron chi connectivity index (χ4n) is 2.44. The lowest BCUT2D eigenvalue weighted by atomic mass is 9.99. The zero-order valence-corrected chi connectivity index (χ0v) is 12.7. The topological polar surface area (TPSA) is 41.6 Å². The van der Waals surface area contributed by atoms with E-state index in [0.29, 0.717) is 6.54 Å². The minimum Gasteiger partial charge on any atom is -0.374 e. The number of rotatable bonds is 8. The molecule has 0 aromatic carbocycles. The Morgan fingerprint density at radius 3 is 2.50 bits per heavy atom. The summed E-state index contributed by atoms with van der Waals surface area (Å²) in [6, 6.07) is -0.178. The lowest BCUT2D eigenvalue weighted by molar-refractivity contribution is -0.132. The monoisotopic (exact) mass is 292 g/mol. The van der Waals surface area contributed by atoms with Crippen LogP contribution in [-0.4, -0.2) is 49.2 Å². The number of amides is 1. The molecule has 3 unspecified atom stereocenters. The molecule has 0 radical (unpaired) electrons. The summed E-state index contributed by atoms with van der Waals surface area (Å²) in [5, 5.41) is 3.36. The molecule has 0 spiro atoms. The average molecular weight is 292 g/mol. The van der Waals surface area contributed by atoms with E-state index in [-0.39, 0.29) is 36.6 Å². The molecule has 1 saturated heterocycles. The van der Waals surface area contributed by atoms with Gasteiger partial charge < -0.3 is 9.64 Å². The van der Waals surface area contributed by atoms with Crippen molar-refractivity contribution in [3.8, 4) is 0 Å². The van der Waals surface area contributed by atoms with Crippen molar-refractivity contribution < 1.29 is 18.3 Å². The van der Waals surface area contributed by atoms with Crippen LogP contribution in [0.15, 0.2) is 0 Å². The van der Waals surface area contributed by atoms with Crippen molar-refractivity contribution in [3.63, 3.8) is 0 Å². The van der Waals surface area contributed by atoms with E-state index in [2.05, 4.69) is 12.2 Å². The van der Waals surface area contributed by atoms with Crippen LogP contribution in [0, 0.1) is 11.8 Å². The summed E-state index contributed by atoms with van der Waals surface area (Å²) < 4.78 is 28.9. The highest BCUT2D eigenvalue weighted by Gasteiger charge is 2.41. The molecule has 1 fully saturated rings. The Morgan fingerprint density at radius 2 is 2.00 bits per heavy atom. The van der Waals surface area contributed by atoms with Gasteiger partial charge in [-0.05, 0) is 11.8 Å². The second kappa shape index (κ2) is 7.88. The summed E-state index contributed by atoms with van der Waals surface area (Å²) in [6.07, 6.45) is -1.59. The SMILES string of the molecule is CCC(C)C1NC(C(C)C)N(CCOCC(F)F)C1=O. The van der Waals surface area contributed by atoms with Gasteiger partial charge in [-0.15, -0.1) is 0 Å². The number of carbonyl (C=O) groups excluding carboxylic acids is 1. The Balaban J connectivity index is 2.58. The Labute approximate surface area is 119 Å². The number of alkyl halides is 2. The standard InChI is InChI=1S/C14H26F2N2O2/c1-5-10(4)12-14(19)18(13(17-12)9(2)3)6-7-20-8-11(15)16/h9-13,17H,5-8H2,1-4H3. The van der Waals surface area contributed by atoms with Gasteiger partial charge in [0.25, 0.3) is 6.43 Å². The molecule has 6 heteroatoms. The van der Waals surface area contributed by atoms with Crippen LogP contribution in [0.1, 0.15) is 34.1 Å². The van der Waals surface area contributed by atoms with Crippen molar-refractivity contribution in [3.05, 3.63) is 0 Å². The number of nitrogens with one attached hydrogen (secondary N) is 1. The lowest BCUT2D eigenvalue weighted by Gasteiger charge is -2.27. The van der Waals surface area contributed by atoms with E-state index >= 15 is 0 Å². The van der Waals surface area contributed by atoms with Gasteiger partial charge in [-0.3, -0.25) is 10.1 Å². The summed E-state index contributed by atoms with van der Waals surface area (Å²) >= 11 is 0. The highest BCUT2D eigenvalue weighted by Crippen LogP contribution is 2.23. The Hall–Kier alpha value is -0.750. The molecule has 0 saturated carbocycles. The number of halogens is 2. The van der Waals surface area contributed by atoms with Crippen LogP contribution < -0.4 is 5.32 Å². The van der Waals surface area contributed by atoms with Gasteiger partial charge in [0.15, 0.2) is 0 Å². The highest BCUT2D eigenvalue weighted by molar-refractivity contribution is 5.84. The maximum absolute atomic E-state index is 12.4. The minimum atomic E-state index is -2.46. The molecule has 118 valence electrons. The number of hydrogen-bond acceptors (Lipinski definition) is 3. The third kappa shape index (κ3) is 4.38. The summed E-state index contributed by atoms with van der Waals surface area (Å²) in [5.41, 5.74) is 0. The molecule has 1 N–H and O–H groups in total. The van der Waals surface area contributed by atoms with Crippen molar-refractivity contribution in [2.24, 2.45) is 11.8 Å². The summed E-state index contributed by atoms with van der Waals surface area (Å²) in [5.74, 6) is 0.581. The van der Waals surface area contributed by atoms with Gasteiger partial charge in [-0.2, -0.15) is 0 Å². The van der Waals surface area contributed by atoms with Crippen LogP contribution in [0.3, 0.4) is 0 Å². The maximum atomic E-state index is 12.4. The van der Waals surface area contributed by atoms with Crippen molar-refractivity contribution >= 4 is 5.91 Å². The van der Waals surface area contributed by atoms with Gasteiger partial charge in [-0.1, -0.05) is 34.1 Å². The van der Waals surface area contributed by atoms with Crippen LogP contribution in [0.4, 0.5) is 8.78 Å². The smallest absolute Gasteiger partial charge is 0.261 e. The second-order valence-electron chi connectivity index (χ2n) is 5.72. The quantitative estimate of drug-likeness (QED) is 0.697. The van der Waals surface area contributed by atoms with Crippen LogP contribution in [0.2, 0.25) is 0 Å². The second-order valence-corrected chi connectivity index (χ2v) is 5.72. The zero-order chi connectivity index (χ0) is 15.3. The van der Waals surface area contributed by atoms with Gasteiger partial charge in [0.2, 0.25) is 5.91 Å². The van der Waals surface area contributed by atoms with Crippen molar-refractivity contribution in [1.82, 2.24) is 10.2 Å². The lowest BCUT2D eigenvalue weighted by Crippen LogP contribution is -2.43. The first kappa shape index (κ1) is 17.3. The van der Waals surface area contributed by atoms with Crippen molar-refractivity contribution in [2.75, 3.05) is 19.8 Å². The molecule has 1 rings (SSSR count). The molecule has 20 heavy (non-hydrogen) atoms. The van der Waals surface area contributed by atoms with Crippen molar-refractivity contribution in [1.29, 1.82) is 0 Å². The number of nitrogens with zero attached hydrogens (tertiary/aromatic N) is 1. The molecule has 3 atom stereocenters. The number of carbonyl (C=O) groups is 1. The molecule has 1 amide bonds. The largest absolute Gasteiger partial charge is 0.374 e. The third-order valence-corrected chi connectivity index (χ3v) is 3.80. The fraction of sp³-hybridized carbons (Fsp3) is 0.929. The first-order valence-corrected chi connectivity index (χ1v) is 7.30. The van der Waals surface area contributed by atoms with E-state index in [1.165, 1.54) is 0 Å². The maximum Gasteiger partial charge on any atom is 0.261 e. The number of hydrogen-bond donors (Lipinski definition) is 1. The van der Waals surface area contributed by atoms with Crippen LogP contribution in [0.25, 0.3) is 0 Å². The first-order chi connectivity index (χ1) is 9.38. The van der Waals surface area contributed by atoms with E-state index in [0.717, 1.165) is 6.42 Å². The third-order valence-electron chi connectivity index (χ3n) is 3.80. The first-order valence-electron chi connectivity index (χ1n) is 7.30. The minimum absolute atomic E-state index is 0.0448. The van der Waals surface area contributed by atoms with Crippen LogP contribution in [0.5, 0.6) is 0 Å². The molecule has 1 aliphatic rings. The van der Waals surface area contributed by atoms with E-state index in [1.54, 1.807) is 4.90 Å². The number of ether oxygens (including phenoxy) is 1. The van der Waals surface area contributed by atoms with Crippen LogP contribution >= 0.6 is 0 Å². The van der Waals surface area contributed by atoms with E-state index in [9.17, 15) is 13.6 Å². The molecule has 0 aliphatic carbocycles. The van der Waals surface area contributed by atoms with E-state index in [4.69, 9.17) is 4.74 Å². The van der Waals surface area contributed by atoms with Gasteiger partial charge in [0.1, 0.15) is 6.61 Å². The van der Waals surface area contributed by atoms with Gasteiger partial charge in [0.05, 0.1) is 18.8 Å². The average Bonchev–Trinajstić information content (AvgIpc) is 2.71. The van der Waals surface area contributed by atoms with Gasteiger partial charge in [-0.25, -0.2) is 8.78 Å². The predicted octanol–water partition coefficient (Wildman–Crippen LogP) is 2.10. The van der Waals surface area contributed by atoms with Crippen molar-refractivity contribution in [2.45, 2.75) is 52.7 Å². The molecule has 1 heterocycles. The highest BCUT2D eigenvalue weighted by atomic mass is 19.3. The summed E-state index contributed by atoms with van der Waals surface area (Å²) in [6.45, 7) is 8.11. The molecule has 0 bridgehead atoms. The molecule has 0 aromatic heterocycles. The van der Waals surface area contributed by atoms with Gasteiger partial charge in [0, 0.05) is 6.54 Å². The van der Waals surface area contributed by atoms with Crippen LogP contribution in [-0.2, 0) is 9.53 Å². The Bertz CT molecular complexity index is 314. The summed E-state index contributed by atoms with van der Waals surface area (Å²) in [4.78, 5) is 14.1. The molecular formula is C14H26F2N2O2. The molecule has 1 aliphatic heterocycles. The summed E-state index contributed by atoms with van der Waals surface area (Å²) in [7, 11) is 0. The molecule has 4 nitrogen and oxygen atoms in total. The molecular weight excluding hydrogens is 266 g/mol. The Kier molecular flexibility index (Phi) is 6.82. The predicted molar refractivity (Wildman–Crippen MR) is 73.5 cm³/mol. The normalized spacial score (nSPS) is 25.0. The fourth-order valence-corrected chi connectivity index (χ4v) is 2.44.